The fourth-order valence-corrected chi connectivity index (χ4v) is 4.71. The minimum Gasteiger partial charge on any atom is -0.302 e. The van der Waals surface area contributed by atoms with Crippen LogP contribution in [0.25, 0.3) is 0 Å². The summed E-state index contributed by atoms with van der Waals surface area (Å²) in [6.45, 7) is 4.31. The summed E-state index contributed by atoms with van der Waals surface area (Å²) in [4.78, 5) is 6.32. The lowest BCUT2D eigenvalue weighted by atomic mass is 10.1. The van der Waals surface area contributed by atoms with Gasteiger partial charge in [-0.05, 0) is 50.8 Å². The van der Waals surface area contributed by atoms with E-state index in [0.29, 0.717) is 6.04 Å². The molecule has 2 nitrogen and oxygen atoms in total. The van der Waals surface area contributed by atoms with Crippen LogP contribution in [0.1, 0.15) is 47.5 Å². The molecule has 0 saturated heterocycles. The predicted molar refractivity (Wildman–Crippen MR) is 93.4 cm³/mol. The topological polar surface area (TPSA) is 24.9 Å². The fraction of sp³-hybridized carbons (Fsp3) is 0.438. The third-order valence-electron chi connectivity index (χ3n) is 3.63. The van der Waals surface area contributed by atoms with Gasteiger partial charge in [0.05, 0.1) is 11.7 Å². The van der Waals surface area contributed by atoms with Crippen LogP contribution in [0.3, 0.4) is 0 Å². The van der Waals surface area contributed by atoms with E-state index < -0.39 is 0 Å². The second-order valence-electron chi connectivity index (χ2n) is 5.70. The standard InChI is InChI=1S/C16H18BrClN2S/c1-9(2)19-15(11-7-6-10(17)8-12(11)18)16-20-13-4-3-5-14(13)21-16/h6-9,15,19H,3-5H2,1-2H3. The SMILES string of the molecule is CC(C)NC(c1nc2c(s1)CCC2)c1ccc(Br)cc1Cl. The molecule has 1 aromatic carbocycles. The van der Waals surface area contributed by atoms with Crippen LogP contribution in [-0.4, -0.2) is 11.0 Å². The van der Waals surface area contributed by atoms with Crippen molar-refractivity contribution < 1.29 is 0 Å². The number of aromatic nitrogens is 1. The van der Waals surface area contributed by atoms with Crippen molar-refractivity contribution in [2.45, 2.75) is 45.2 Å². The fourth-order valence-electron chi connectivity index (χ4n) is 2.70. The van der Waals surface area contributed by atoms with E-state index in [1.54, 1.807) is 0 Å². The number of thiazole rings is 1. The number of benzene rings is 1. The van der Waals surface area contributed by atoms with Gasteiger partial charge in [-0.3, -0.25) is 0 Å². The largest absolute Gasteiger partial charge is 0.302 e. The maximum atomic E-state index is 6.46. The number of rotatable bonds is 4. The molecule has 1 aromatic heterocycles. The average molecular weight is 386 g/mol. The first-order valence-electron chi connectivity index (χ1n) is 7.24. The van der Waals surface area contributed by atoms with Crippen LogP contribution in [0.2, 0.25) is 5.02 Å². The highest BCUT2D eigenvalue weighted by molar-refractivity contribution is 9.10. The molecule has 0 aliphatic heterocycles. The maximum absolute atomic E-state index is 6.46. The number of nitrogens with one attached hydrogen (secondary N) is 1. The van der Waals surface area contributed by atoms with Gasteiger partial charge in [-0.1, -0.05) is 33.6 Å². The zero-order valence-electron chi connectivity index (χ0n) is 12.1. The highest BCUT2D eigenvalue weighted by atomic mass is 79.9. The Morgan fingerprint density at radius 1 is 1.33 bits per heavy atom. The number of aryl methyl sites for hydroxylation is 2. The van der Waals surface area contributed by atoms with Crippen LogP contribution in [-0.2, 0) is 12.8 Å². The molecule has 0 radical (unpaired) electrons. The second kappa shape index (κ2) is 6.37. The normalized spacial score (nSPS) is 15.5. The zero-order chi connectivity index (χ0) is 15.0. The van der Waals surface area contributed by atoms with Gasteiger partial charge in [-0.2, -0.15) is 0 Å². The van der Waals surface area contributed by atoms with Gasteiger partial charge >= 0.3 is 0 Å². The molecule has 1 aliphatic rings. The van der Waals surface area contributed by atoms with E-state index in [4.69, 9.17) is 16.6 Å². The van der Waals surface area contributed by atoms with Crippen molar-refractivity contribution in [1.29, 1.82) is 0 Å². The van der Waals surface area contributed by atoms with Gasteiger partial charge in [0.1, 0.15) is 5.01 Å². The summed E-state index contributed by atoms with van der Waals surface area (Å²) in [7, 11) is 0. The lowest BCUT2D eigenvalue weighted by Gasteiger charge is -2.21. The Bertz CT molecular complexity index is 632. The third kappa shape index (κ3) is 3.34. The average Bonchev–Trinajstić information content (AvgIpc) is 2.96. The summed E-state index contributed by atoms with van der Waals surface area (Å²) in [6.07, 6.45) is 3.54. The van der Waals surface area contributed by atoms with Crippen LogP contribution < -0.4 is 5.32 Å². The van der Waals surface area contributed by atoms with E-state index in [2.05, 4.69) is 41.2 Å². The summed E-state index contributed by atoms with van der Waals surface area (Å²) < 4.78 is 1.00. The molecular formula is C16H18BrClN2S. The molecule has 1 atom stereocenters. The predicted octanol–water partition coefficient (Wildman–Crippen LogP) is 5.14. The zero-order valence-corrected chi connectivity index (χ0v) is 15.3. The van der Waals surface area contributed by atoms with E-state index in [9.17, 15) is 0 Å². The van der Waals surface area contributed by atoms with Crippen molar-refractivity contribution in [3.8, 4) is 0 Å². The van der Waals surface area contributed by atoms with Crippen molar-refractivity contribution in [2.24, 2.45) is 0 Å². The number of hydrogen-bond donors (Lipinski definition) is 1. The Kier molecular flexibility index (Phi) is 4.69. The number of halogens is 2. The Morgan fingerprint density at radius 3 is 2.81 bits per heavy atom. The van der Waals surface area contributed by atoms with Gasteiger partial charge in [0, 0.05) is 20.4 Å². The monoisotopic (exact) mass is 384 g/mol. The van der Waals surface area contributed by atoms with Crippen LogP contribution in [0.4, 0.5) is 0 Å². The molecule has 0 saturated carbocycles. The Labute approximate surface area is 143 Å². The van der Waals surface area contributed by atoms with Crippen molar-refractivity contribution in [1.82, 2.24) is 10.3 Å². The number of fused-ring (bicyclic) bond motifs is 1. The van der Waals surface area contributed by atoms with Gasteiger partial charge in [0.25, 0.3) is 0 Å². The first-order chi connectivity index (χ1) is 10.0. The number of nitrogens with zero attached hydrogens (tertiary/aromatic N) is 1. The summed E-state index contributed by atoms with van der Waals surface area (Å²) in [5.74, 6) is 0. The van der Waals surface area contributed by atoms with Crippen LogP contribution in [0.5, 0.6) is 0 Å². The first kappa shape index (κ1) is 15.5. The molecule has 1 heterocycles. The molecular weight excluding hydrogens is 368 g/mol. The van der Waals surface area contributed by atoms with E-state index in [-0.39, 0.29) is 6.04 Å². The molecule has 0 amide bonds. The van der Waals surface area contributed by atoms with E-state index in [1.165, 1.54) is 23.4 Å². The minimum atomic E-state index is 0.0706. The summed E-state index contributed by atoms with van der Waals surface area (Å²) in [5, 5.41) is 5.52. The summed E-state index contributed by atoms with van der Waals surface area (Å²) >= 11 is 11.8. The number of hydrogen-bond acceptors (Lipinski definition) is 3. The van der Waals surface area contributed by atoms with Crippen LogP contribution in [0.15, 0.2) is 22.7 Å². The molecule has 1 aliphatic carbocycles. The molecule has 0 spiro atoms. The second-order valence-corrected chi connectivity index (χ2v) is 8.13. The summed E-state index contributed by atoms with van der Waals surface area (Å²) in [6, 6.07) is 6.51. The lowest BCUT2D eigenvalue weighted by molar-refractivity contribution is 0.526. The molecule has 3 rings (SSSR count). The van der Waals surface area contributed by atoms with Crippen molar-refractivity contribution in [3.63, 3.8) is 0 Å². The van der Waals surface area contributed by atoms with E-state index >= 15 is 0 Å². The molecule has 21 heavy (non-hydrogen) atoms. The van der Waals surface area contributed by atoms with Gasteiger partial charge in [0.15, 0.2) is 0 Å². The van der Waals surface area contributed by atoms with Crippen molar-refractivity contribution in [3.05, 3.63) is 48.8 Å². The Morgan fingerprint density at radius 2 is 2.14 bits per heavy atom. The Hall–Kier alpha value is -0.420. The molecule has 1 unspecified atom stereocenters. The smallest absolute Gasteiger partial charge is 0.115 e. The maximum Gasteiger partial charge on any atom is 0.115 e. The molecule has 5 heteroatoms. The molecule has 0 bridgehead atoms. The quantitative estimate of drug-likeness (QED) is 0.788. The van der Waals surface area contributed by atoms with Gasteiger partial charge in [0.2, 0.25) is 0 Å². The van der Waals surface area contributed by atoms with Crippen LogP contribution >= 0.6 is 38.9 Å². The highest BCUT2D eigenvalue weighted by Gasteiger charge is 2.25. The van der Waals surface area contributed by atoms with Gasteiger partial charge in [-0.15, -0.1) is 11.3 Å². The van der Waals surface area contributed by atoms with E-state index in [1.807, 2.05) is 23.5 Å². The molecule has 2 aromatic rings. The van der Waals surface area contributed by atoms with E-state index in [0.717, 1.165) is 26.5 Å². The minimum absolute atomic E-state index is 0.0706. The molecule has 0 fully saturated rings. The summed E-state index contributed by atoms with van der Waals surface area (Å²) in [5.41, 5.74) is 2.39. The van der Waals surface area contributed by atoms with Gasteiger partial charge in [-0.25, -0.2) is 4.98 Å². The molecule has 112 valence electrons. The third-order valence-corrected chi connectivity index (χ3v) is 5.68. The van der Waals surface area contributed by atoms with Crippen LogP contribution in [0, 0.1) is 0 Å². The van der Waals surface area contributed by atoms with Crippen molar-refractivity contribution in [2.75, 3.05) is 0 Å². The lowest BCUT2D eigenvalue weighted by Crippen LogP contribution is -2.29. The van der Waals surface area contributed by atoms with Crippen molar-refractivity contribution >= 4 is 38.9 Å². The Balaban J connectivity index is 2.00. The molecule has 1 N–H and O–H groups in total. The first-order valence-corrected chi connectivity index (χ1v) is 9.23. The highest BCUT2D eigenvalue weighted by Crippen LogP contribution is 2.36. The van der Waals surface area contributed by atoms with Gasteiger partial charge < -0.3 is 5.32 Å².